The quantitative estimate of drug-likeness (QED) is 0.520. The third-order valence-corrected chi connectivity index (χ3v) is 1.85. The van der Waals surface area contributed by atoms with Crippen molar-refractivity contribution >= 4 is 12.6 Å². The number of hydrogen-bond acceptors (Lipinski definition) is 0. The van der Waals surface area contributed by atoms with Crippen LogP contribution in [0.5, 0.6) is 0 Å². The van der Waals surface area contributed by atoms with E-state index in [2.05, 4.69) is 20.8 Å². The van der Waals surface area contributed by atoms with Gasteiger partial charge in [-0.3, -0.25) is 0 Å². The Morgan fingerprint density at radius 1 is 1.57 bits per heavy atom. The minimum Gasteiger partial charge on any atom is -0.0936 e. The van der Waals surface area contributed by atoms with Gasteiger partial charge in [-0.2, -0.15) is 0 Å². The molecule has 0 aliphatic carbocycles. The highest BCUT2D eigenvalue weighted by molar-refractivity contribution is 7.80. The molecule has 1 heteroatoms. The van der Waals surface area contributed by atoms with Crippen LogP contribution in [-0.2, 0) is 0 Å². The van der Waals surface area contributed by atoms with Crippen molar-refractivity contribution in [3.63, 3.8) is 0 Å². The Hall–Kier alpha value is 0.350. The largest absolute Gasteiger partial charge is 0.0936 e. The van der Waals surface area contributed by atoms with E-state index >= 15 is 0 Å². The molecule has 0 heterocycles. The molecule has 0 fully saturated rings. The molecule has 0 saturated carbocycles. The molecule has 0 aliphatic rings. The summed E-state index contributed by atoms with van der Waals surface area (Å²) < 4.78 is 0. The van der Waals surface area contributed by atoms with Crippen molar-refractivity contribution in [1.82, 2.24) is 0 Å². The van der Waals surface area contributed by atoms with Crippen LogP contribution in [0.3, 0.4) is 0 Å². The van der Waals surface area contributed by atoms with E-state index in [0.29, 0.717) is 0 Å². The molecule has 42 valence electrons. The van der Waals surface area contributed by atoms with Crippen LogP contribution < -0.4 is 0 Å². The van der Waals surface area contributed by atoms with Gasteiger partial charge in [0.05, 0.1) is 0 Å². The molecule has 7 heavy (non-hydrogen) atoms. The summed E-state index contributed by atoms with van der Waals surface area (Å²) in [7, 11) is 0. The predicted octanol–water partition coefficient (Wildman–Crippen LogP) is 2.43. The van der Waals surface area contributed by atoms with Crippen molar-refractivity contribution in [3.8, 4) is 0 Å². The highest BCUT2D eigenvalue weighted by Crippen LogP contribution is 2.19. The minimum atomic E-state index is 0.287. The molecular weight excluding hydrogens is 104 g/mol. The van der Waals surface area contributed by atoms with Crippen LogP contribution in [0.1, 0.15) is 20.3 Å². The Morgan fingerprint density at radius 3 is 2.00 bits per heavy atom. The molecule has 0 saturated heterocycles. The number of rotatable bonds is 2. The standard InChI is InChI=1S/C6H12S/c1-4-6(2,3)5-7/h1,4-5H2,2-3H3. The van der Waals surface area contributed by atoms with E-state index in [1.807, 2.05) is 0 Å². The summed E-state index contributed by atoms with van der Waals surface area (Å²) in [6.45, 7) is 8.03. The molecular formula is C6H12S. The van der Waals surface area contributed by atoms with Gasteiger partial charge >= 0.3 is 0 Å². The van der Waals surface area contributed by atoms with E-state index in [-0.39, 0.29) is 5.41 Å². The molecule has 0 atom stereocenters. The van der Waals surface area contributed by atoms with Crippen molar-refractivity contribution in [2.24, 2.45) is 5.41 Å². The number of hydrogen-bond donors (Lipinski definition) is 0. The Bertz CT molecular complexity index is 42.1. The highest BCUT2D eigenvalue weighted by atomic mass is 32.1. The molecule has 0 amide bonds. The summed E-state index contributed by atoms with van der Waals surface area (Å²) in [6.07, 6.45) is 0.941. The third kappa shape index (κ3) is 2.98. The van der Waals surface area contributed by atoms with Crippen molar-refractivity contribution in [3.05, 3.63) is 6.92 Å². The van der Waals surface area contributed by atoms with E-state index in [1.165, 1.54) is 0 Å². The summed E-state index contributed by atoms with van der Waals surface area (Å²) in [5.41, 5.74) is 0.287. The molecule has 0 N–H and O–H groups in total. The first-order valence-electron chi connectivity index (χ1n) is 2.50. The fraction of sp³-hybridized carbons (Fsp3) is 0.833. The lowest BCUT2D eigenvalue weighted by Crippen LogP contribution is -2.10. The van der Waals surface area contributed by atoms with Gasteiger partial charge in [-0.1, -0.05) is 33.4 Å². The van der Waals surface area contributed by atoms with Crippen LogP contribution in [-0.4, -0.2) is 5.75 Å². The van der Waals surface area contributed by atoms with Crippen LogP contribution in [0.25, 0.3) is 0 Å². The van der Waals surface area contributed by atoms with Gasteiger partial charge < -0.3 is 0 Å². The van der Waals surface area contributed by atoms with E-state index < -0.39 is 0 Å². The minimum absolute atomic E-state index is 0.287. The van der Waals surface area contributed by atoms with Gasteiger partial charge in [0.2, 0.25) is 0 Å². The Labute approximate surface area is 51.7 Å². The molecule has 0 aromatic heterocycles. The lowest BCUT2D eigenvalue weighted by molar-refractivity contribution is 0.430. The maximum Gasteiger partial charge on any atom is 0.00883 e. The van der Waals surface area contributed by atoms with Crippen molar-refractivity contribution < 1.29 is 0 Å². The maximum absolute atomic E-state index is 4.85. The summed E-state index contributed by atoms with van der Waals surface area (Å²) in [4.78, 5) is 0. The second-order valence-corrected chi connectivity index (χ2v) is 2.85. The lowest BCUT2D eigenvalue weighted by atomic mass is 9.93. The van der Waals surface area contributed by atoms with Crippen molar-refractivity contribution in [1.29, 1.82) is 0 Å². The summed E-state index contributed by atoms with van der Waals surface area (Å²) in [6, 6.07) is 0. The van der Waals surface area contributed by atoms with Crippen LogP contribution in [0.4, 0.5) is 0 Å². The second-order valence-electron chi connectivity index (χ2n) is 2.56. The zero-order chi connectivity index (χ0) is 5.91. The lowest BCUT2D eigenvalue weighted by Gasteiger charge is -2.17. The fourth-order valence-corrected chi connectivity index (χ4v) is 0.217. The molecule has 0 aliphatic heterocycles. The zero-order valence-electron chi connectivity index (χ0n) is 5.03. The molecule has 2 radical (unpaired) electrons. The molecule has 0 aromatic carbocycles. The van der Waals surface area contributed by atoms with E-state index in [1.54, 1.807) is 0 Å². The van der Waals surface area contributed by atoms with Gasteiger partial charge in [-0.15, -0.1) is 0 Å². The Kier molecular flexibility index (Phi) is 2.74. The topological polar surface area (TPSA) is 0 Å². The fourth-order valence-electron chi connectivity index (χ4n) is 0.0722. The average Bonchev–Trinajstić information content (AvgIpc) is 1.68. The van der Waals surface area contributed by atoms with E-state index in [9.17, 15) is 0 Å². The van der Waals surface area contributed by atoms with E-state index in [0.717, 1.165) is 12.2 Å². The normalized spacial score (nSPS) is 12.0. The van der Waals surface area contributed by atoms with Crippen LogP contribution >= 0.6 is 12.6 Å². The SMILES string of the molecule is [CH2]CC(C)(C)C[S]. The van der Waals surface area contributed by atoms with Crippen LogP contribution in [0.15, 0.2) is 0 Å². The van der Waals surface area contributed by atoms with Crippen molar-refractivity contribution in [2.45, 2.75) is 20.3 Å². The predicted molar refractivity (Wildman–Crippen MR) is 36.2 cm³/mol. The molecule has 0 nitrogen and oxygen atoms in total. The van der Waals surface area contributed by atoms with Gasteiger partial charge in [-0.05, 0) is 11.8 Å². The highest BCUT2D eigenvalue weighted by Gasteiger charge is 2.11. The van der Waals surface area contributed by atoms with Crippen LogP contribution in [0, 0.1) is 12.3 Å². The Morgan fingerprint density at radius 2 is 2.00 bits per heavy atom. The van der Waals surface area contributed by atoms with E-state index in [4.69, 9.17) is 12.6 Å². The molecule has 0 aromatic rings. The smallest absolute Gasteiger partial charge is 0.00883 e. The van der Waals surface area contributed by atoms with Crippen LogP contribution in [0.2, 0.25) is 0 Å². The summed E-state index contributed by atoms with van der Waals surface area (Å²) in [5.74, 6) is 0.816. The van der Waals surface area contributed by atoms with Gasteiger partial charge in [0, 0.05) is 5.75 Å². The first-order chi connectivity index (χ1) is 3.12. The van der Waals surface area contributed by atoms with Gasteiger partial charge in [-0.25, -0.2) is 0 Å². The van der Waals surface area contributed by atoms with Gasteiger partial charge in [0.15, 0.2) is 0 Å². The average molecular weight is 116 g/mol. The molecule has 0 bridgehead atoms. The molecule has 0 unspecified atom stereocenters. The third-order valence-electron chi connectivity index (χ3n) is 1.07. The zero-order valence-corrected chi connectivity index (χ0v) is 5.85. The first kappa shape index (κ1) is 7.35. The molecule has 0 spiro atoms. The summed E-state index contributed by atoms with van der Waals surface area (Å²) in [5, 5.41) is 0. The molecule has 0 rings (SSSR count). The maximum atomic E-state index is 4.85. The second kappa shape index (κ2) is 2.61. The van der Waals surface area contributed by atoms with Gasteiger partial charge in [0.25, 0.3) is 0 Å². The first-order valence-corrected chi connectivity index (χ1v) is 3.07. The van der Waals surface area contributed by atoms with Gasteiger partial charge in [0.1, 0.15) is 0 Å². The summed E-state index contributed by atoms with van der Waals surface area (Å²) >= 11 is 4.85. The van der Waals surface area contributed by atoms with Crippen molar-refractivity contribution in [2.75, 3.05) is 5.75 Å². The monoisotopic (exact) mass is 116 g/mol. The Balaban J connectivity index is 3.36.